The number of Topliss-reactive ketones (excluding diaryl/α,β-unsaturated/α-hetero) is 1. The molecule has 37 heavy (non-hydrogen) atoms. The van der Waals surface area contributed by atoms with Gasteiger partial charge in [0.05, 0.1) is 0 Å². The predicted octanol–water partition coefficient (Wildman–Crippen LogP) is 10.4. The molecule has 0 spiro atoms. The van der Waals surface area contributed by atoms with Gasteiger partial charge in [-0.2, -0.15) is 0 Å². The molecule has 0 saturated heterocycles. The molecule has 2 unspecified atom stereocenters. The molecule has 5 rings (SSSR count). The number of aryl methyl sites for hydroxylation is 1. The zero-order valence-electron chi connectivity index (χ0n) is 23.9. The lowest BCUT2D eigenvalue weighted by molar-refractivity contribution is -0.125. The fourth-order valence-corrected chi connectivity index (χ4v) is 7.27. The lowest BCUT2D eigenvalue weighted by atomic mass is 9.74. The summed E-state index contributed by atoms with van der Waals surface area (Å²) in [6.07, 6.45) is 30.7. The van der Waals surface area contributed by atoms with Gasteiger partial charge in [0.2, 0.25) is 0 Å². The van der Waals surface area contributed by atoms with Crippen LogP contribution in [0.15, 0.2) is 42.0 Å². The second-order valence-electron chi connectivity index (χ2n) is 13.4. The zero-order valence-corrected chi connectivity index (χ0v) is 23.9. The summed E-state index contributed by atoms with van der Waals surface area (Å²) >= 11 is 0. The van der Waals surface area contributed by atoms with Gasteiger partial charge in [-0.15, -0.1) is 0 Å². The van der Waals surface area contributed by atoms with E-state index in [1.54, 1.807) is 16.7 Å². The van der Waals surface area contributed by atoms with Crippen LogP contribution < -0.4 is 0 Å². The van der Waals surface area contributed by atoms with Gasteiger partial charge in [-0.3, -0.25) is 4.79 Å². The van der Waals surface area contributed by atoms with Gasteiger partial charge in [-0.25, -0.2) is 0 Å². The Kier molecular flexibility index (Phi) is 9.10. The van der Waals surface area contributed by atoms with E-state index in [2.05, 4.69) is 50.3 Å². The highest BCUT2D eigenvalue weighted by molar-refractivity contribution is 5.81. The first-order valence-corrected chi connectivity index (χ1v) is 16.1. The summed E-state index contributed by atoms with van der Waals surface area (Å²) in [7, 11) is 0. The van der Waals surface area contributed by atoms with E-state index in [1.165, 1.54) is 95.5 Å². The smallest absolute Gasteiger partial charge is 0.135 e. The summed E-state index contributed by atoms with van der Waals surface area (Å²) < 4.78 is 0. The first-order chi connectivity index (χ1) is 18.0. The van der Waals surface area contributed by atoms with Gasteiger partial charge in [0.25, 0.3) is 0 Å². The number of carbonyl (C=O) groups is 1. The summed E-state index contributed by atoms with van der Waals surface area (Å²) in [5, 5.41) is 0. The fraction of sp³-hybridized carbons (Fsp3) is 0.694. The molecular formula is C36H52O. The molecule has 1 aromatic carbocycles. The molecule has 0 aliphatic heterocycles. The normalized spacial score (nSPS) is 25.2. The first-order valence-electron chi connectivity index (χ1n) is 16.1. The van der Waals surface area contributed by atoms with E-state index < -0.39 is 0 Å². The van der Waals surface area contributed by atoms with Crippen LogP contribution in [-0.2, 0) is 11.2 Å². The van der Waals surface area contributed by atoms with Crippen LogP contribution in [0.2, 0.25) is 0 Å². The van der Waals surface area contributed by atoms with Crippen LogP contribution in [-0.4, -0.2) is 5.78 Å². The average molecular weight is 501 g/mol. The van der Waals surface area contributed by atoms with E-state index in [1.807, 2.05) is 0 Å². The highest BCUT2D eigenvalue weighted by Gasteiger charge is 2.32. The van der Waals surface area contributed by atoms with Crippen LogP contribution in [0.1, 0.15) is 152 Å². The molecule has 3 saturated carbocycles. The van der Waals surface area contributed by atoms with Crippen molar-refractivity contribution in [2.75, 3.05) is 0 Å². The molecular weight excluding hydrogens is 448 g/mol. The predicted molar refractivity (Wildman–Crippen MR) is 157 cm³/mol. The molecule has 3 fully saturated rings. The van der Waals surface area contributed by atoms with Gasteiger partial charge >= 0.3 is 0 Å². The van der Waals surface area contributed by atoms with Crippen LogP contribution in [0.5, 0.6) is 0 Å². The van der Waals surface area contributed by atoms with Crippen molar-refractivity contribution in [3.63, 3.8) is 0 Å². The number of carbonyl (C=O) groups excluding carboxylic acids is 1. The van der Waals surface area contributed by atoms with Crippen molar-refractivity contribution < 1.29 is 4.79 Å². The van der Waals surface area contributed by atoms with Crippen LogP contribution in [0.4, 0.5) is 0 Å². The van der Waals surface area contributed by atoms with Gasteiger partial charge in [-0.1, -0.05) is 107 Å². The Bertz CT molecular complexity index is 968. The number of benzene rings is 1. The summed E-state index contributed by atoms with van der Waals surface area (Å²) in [6, 6.07) is 7.47. The Morgan fingerprint density at radius 2 is 1.73 bits per heavy atom. The maximum Gasteiger partial charge on any atom is 0.135 e. The zero-order chi connectivity index (χ0) is 25.7. The molecule has 0 radical (unpaired) electrons. The quantitative estimate of drug-likeness (QED) is 0.232. The van der Waals surface area contributed by atoms with E-state index in [4.69, 9.17) is 0 Å². The maximum absolute atomic E-state index is 12.2. The fourth-order valence-electron chi connectivity index (χ4n) is 7.27. The Balaban J connectivity index is 1.14. The number of ketones is 1. The Morgan fingerprint density at radius 1 is 0.919 bits per heavy atom. The molecule has 0 aromatic heterocycles. The average Bonchev–Trinajstić information content (AvgIpc) is 3.65. The summed E-state index contributed by atoms with van der Waals surface area (Å²) in [6.45, 7) is 4.88. The molecule has 4 aliphatic carbocycles. The molecule has 202 valence electrons. The van der Waals surface area contributed by atoms with Crippen molar-refractivity contribution in [2.45, 2.75) is 141 Å². The van der Waals surface area contributed by atoms with Crippen LogP contribution >= 0.6 is 0 Å². The minimum atomic E-state index is 0.125. The molecule has 4 aliphatic rings. The summed E-state index contributed by atoms with van der Waals surface area (Å²) in [5.74, 6) is 3.25. The summed E-state index contributed by atoms with van der Waals surface area (Å²) in [5.41, 5.74) is 6.41. The van der Waals surface area contributed by atoms with E-state index in [-0.39, 0.29) is 5.41 Å². The van der Waals surface area contributed by atoms with E-state index in [0.29, 0.717) is 17.6 Å². The highest BCUT2D eigenvalue weighted by atomic mass is 16.1. The van der Waals surface area contributed by atoms with Gasteiger partial charge in [0.15, 0.2) is 0 Å². The van der Waals surface area contributed by atoms with Crippen molar-refractivity contribution in [1.82, 2.24) is 0 Å². The molecule has 0 amide bonds. The number of hydrogen-bond donors (Lipinski definition) is 0. The highest BCUT2D eigenvalue weighted by Crippen LogP contribution is 2.46. The van der Waals surface area contributed by atoms with Gasteiger partial charge in [0, 0.05) is 17.8 Å². The minimum absolute atomic E-state index is 0.125. The number of unbranched alkanes of at least 4 members (excludes halogenated alkanes) is 2. The Labute approximate surface area is 227 Å². The minimum Gasteiger partial charge on any atom is -0.299 e. The number of allylic oxidation sites excluding steroid dienone is 4. The lowest BCUT2D eigenvalue weighted by Crippen LogP contribution is -2.21. The van der Waals surface area contributed by atoms with Crippen LogP contribution in [0.3, 0.4) is 0 Å². The molecule has 0 N–H and O–H groups in total. The third-order valence-electron chi connectivity index (χ3n) is 10.5. The Hall–Kier alpha value is -1.63. The van der Waals surface area contributed by atoms with E-state index in [9.17, 15) is 4.79 Å². The van der Waals surface area contributed by atoms with Gasteiger partial charge in [-0.05, 0) is 92.2 Å². The second-order valence-corrected chi connectivity index (χ2v) is 13.4. The summed E-state index contributed by atoms with van der Waals surface area (Å²) in [4.78, 5) is 12.2. The molecule has 0 heterocycles. The largest absolute Gasteiger partial charge is 0.299 e. The molecule has 0 bridgehead atoms. The number of rotatable bonds is 14. The van der Waals surface area contributed by atoms with E-state index >= 15 is 0 Å². The molecule has 1 nitrogen and oxygen atoms in total. The molecule has 1 heteroatoms. The third kappa shape index (κ3) is 7.07. The molecule has 1 aromatic rings. The lowest BCUT2D eigenvalue weighted by Gasteiger charge is -2.29. The van der Waals surface area contributed by atoms with Crippen LogP contribution in [0, 0.1) is 17.3 Å². The standard InChI is InChI=1S/C36H52O/c1-27(36(2)24-23-29(26-36)14-9-13-28-11-5-3-6-12-28)32-21-22-34(30-19-20-30)33(25-32)15-7-4-8-18-35(37)31-16-10-17-31/h21-28,30-31H,3-20H2,1-2H3. The number of hydrogen-bond acceptors (Lipinski definition) is 1. The third-order valence-corrected chi connectivity index (χ3v) is 10.5. The van der Waals surface area contributed by atoms with Crippen molar-refractivity contribution in [3.05, 3.63) is 58.7 Å². The van der Waals surface area contributed by atoms with E-state index in [0.717, 1.165) is 37.5 Å². The topological polar surface area (TPSA) is 17.1 Å². The first kappa shape index (κ1) is 27.0. The van der Waals surface area contributed by atoms with Crippen molar-refractivity contribution in [2.24, 2.45) is 17.3 Å². The van der Waals surface area contributed by atoms with Crippen molar-refractivity contribution >= 4 is 5.78 Å². The van der Waals surface area contributed by atoms with Gasteiger partial charge < -0.3 is 0 Å². The van der Waals surface area contributed by atoms with Crippen molar-refractivity contribution in [3.8, 4) is 0 Å². The Morgan fingerprint density at radius 3 is 2.46 bits per heavy atom. The SMILES string of the molecule is CC(c1ccc(C2CC2)c(CCCCCC(=O)C2CCC2)c1)C1(C)C=CC(CCCC2CCCCC2)=C1. The second kappa shape index (κ2) is 12.5. The van der Waals surface area contributed by atoms with Crippen LogP contribution in [0.25, 0.3) is 0 Å². The van der Waals surface area contributed by atoms with Gasteiger partial charge in [0.1, 0.15) is 5.78 Å². The monoisotopic (exact) mass is 500 g/mol. The molecule has 2 atom stereocenters. The van der Waals surface area contributed by atoms with Crippen molar-refractivity contribution in [1.29, 1.82) is 0 Å². The maximum atomic E-state index is 12.2.